The zero-order valence-corrected chi connectivity index (χ0v) is 20.4. The second-order valence-corrected chi connectivity index (χ2v) is 9.34. The van der Waals surface area contributed by atoms with Crippen molar-refractivity contribution in [3.8, 4) is 11.4 Å². The Hall–Kier alpha value is -3.40. The van der Waals surface area contributed by atoms with E-state index in [0.29, 0.717) is 5.56 Å². The van der Waals surface area contributed by atoms with Crippen LogP contribution in [-0.2, 0) is 17.5 Å². The van der Waals surface area contributed by atoms with Crippen LogP contribution >= 0.6 is 11.6 Å². The van der Waals surface area contributed by atoms with Gasteiger partial charge in [0.05, 0.1) is 16.0 Å². The fourth-order valence-corrected chi connectivity index (χ4v) is 3.99. The molecule has 2 heterocycles. The maximum atomic E-state index is 14.4. The number of rotatable bonds is 7. The average Bonchev–Trinajstić information content (AvgIpc) is 3.05. The van der Waals surface area contributed by atoms with Gasteiger partial charge in [-0.15, -0.1) is 0 Å². The number of alkyl halides is 3. The molecule has 2 N–H and O–H groups in total. The van der Waals surface area contributed by atoms with Crippen molar-refractivity contribution in [2.45, 2.75) is 33.5 Å². The van der Waals surface area contributed by atoms with Gasteiger partial charge in [-0.05, 0) is 31.9 Å². The monoisotopic (exact) mass is 507 g/mol. The molecule has 0 bridgehead atoms. The quantitative estimate of drug-likeness (QED) is 0.507. The van der Waals surface area contributed by atoms with Gasteiger partial charge in [-0.3, -0.25) is 9.59 Å². The van der Waals surface area contributed by atoms with Crippen molar-refractivity contribution < 1.29 is 22.8 Å². The summed E-state index contributed by atoms with van der Waals surface area (Å²) >= 11 is 5.88. The van der Waals surface area contributed by atoms with E-state index in [0.717, 1.165) is 4.57 Å². The first-order chi connectivity index (χ1) is 16.2. The van der Waals surface area contributed by atoms with Crippen LogP contribution in [0.3, 0.4) is 0 Å². The van der Waals surface area contributed by atoms with Gasteiger partial charge in [-0.25, -0.2) is 9.97 Å². The zero-order chi connectivity index (χ0) is 26.1. The van der Waals surface area contributed by atoms with Crippen LogP contribution < -0.4 is 5.73 Å². The molecule has 0 fully saturated rings. The highest BCUT2D eigenvalue weighted by Crippen LogP contribution is 2.41. The minimum atomic E-state index is -4.77. The Morgan fingerprint density at radius 2 is 1.69 bits per heavy atom. The Morgan fingerprint density at radius 3 is 2.20 bits per heavy atom. The lowest BCUT2D eigenvalue weighted by Crippen LogP contribution is -2.44. The topological polar surface area (TPSA) is 94.1 Å². The SMILES string of the molecule is Cc1c(-c2ncc(Cl)cn2)c(C(=O)N(C)CC(C)(C)C(N)=O)n(Cc2ccccc2)c1C(F)(F)F. The standard InChI is InChI=1S/C24H25ClF3N5O2/c1-14-17(20-30-10-16(25)11-31-20)18(21(34)32(4)13-23(2,3)22(29)35)33(19(14)24(26,27)28)12-15-8-6-5-7-9-15/h5-11H,12-13H2,1-4H3,(H2,29,35). The van der Waals surface area contributed by atoms with Crippen LogP contribution in [0, 0.1) is 12.3 Å². The Morgan fingerprint density at radius 1 is 1.11 bits per heavy atom. The van der Waals surface area contributed by atoms with Gasteiger partial charge in [0.2, 0.25) is 5.91 Å². The summed E-state index contributed by atoms with van der Waals surface area (Å²) in [4.78, 5) is 34.9. The molecule has 0 saturated heterocycles. The largest absolute Gasteiger partial charge is 0.431 e. The zero-order valence-electron chi connectivity index (χ0n) is 19.7. The van der Waals surface area contributed by atoms with Crippen molar-refractivity contribution >= 4 is 23.4 Å². The second-order valence-electron chi connectivity index (χ2n) is 8.90. The summed E-state index contributed by atoms with van der Waals surface area (Å²) in [7, 11) is 1.40. The Kier molecular flexibility index (Phi) is 7.26. The minimum Gasteiger partial charge on any atom is -0.369 e. The van der Waals surface area contributed by atoms with Crippen LogP contribution in [0.5, 0.6) is 0 Å². The first-order valence-corrected chi connectivity index (χ1v) is 11.0. The van der Waals surface area contributed by atoms with Gasteiger partial charge in [0, 0.05) is 32.5 Å². The molecule has 0 saturated carbocycles. The summed E-state index contributed by atoms with van der Waals surface area (Å²) in [5.41, 5.74) is 3.41. The highest BCUT2D eigenvalue weighted by Gasteiger charge is 2.42. The van der Waals surface area contributed by atoms with Gasteiger partial charge in [0.1, 0.15) is 11.4 Å². The fraction of sp³-hybridized carbons (Fsp3) is 0.333. The van der Waals surface area contributed by atoms with E-state index in [9.17, 15) is 22.8 Å². The molecule has 0 unspecified atom stereocenters. The summed E-state index contributed by atoms with van der Waals surface area (Å²) in [5.74, 6) is -1.46. The Labute approximate surface area is 205 Å². The molecule has 0 atom stereocenters. The van der Waals surface area contributed by atoms with E-state index < -0.39 is 29.1 Å². The number of hydrogen-bond donors (Lipinski definition) is 1. The van der Waals surface area contributed by atoms with Crippen molar-refractivity contribution in [1.29, 1.82) is 0 Å². The van der Waals surface area contributed by atoms with E-state index in [4.69, 9.17) is 17.3 Å². The third-order valence-electron chi connectivity index (χ3n) is 5.65. The normalized spacial score (nSPS) is 12.0. The Balaban J connectivity index is 2.30. The first kappa shape index (κ1) is 26.2. The lowest BCUT2D eigenvalue weighted by atomic mass is 9.92. The molecule has 11 heteroatoms. The minimum absolute atomic E-state index is 0.0568. The van der Waals surface area contributed by atoms with Gasteiger partial charge in [-0.2, -0.15) is 13.2 Å². The smallest absolute Gasteiger partial charge is 0.369 e. The molecular weight excluding hydrogens is 483 g/mol. The first-order valence-electron chi connectivity index (χ1n) is 10.6. The molecule has 0 aliphatic carbocycles. The molecule has 0 radical (unpaired) electrons. The maximum absolute atomic E-state index is 14.4. The lowest BCUT2D eigenvalue weighted by Gasteiger charge is -2.28. The van der Waals surface area contributed by atoms with E-state index >= 15 is 0 Å². The van der Waals surface area contributed by atoms with Gasteiger partial charge < -0.3 is 15.2 Å². The lowest BCUT2D eigenvalue weighted by molar-refractivity contribution is -0.143. The summed E-state index contributed by atoms with van der Waals surface area (Å²) in [6.45, 7) is 4.05. The van der Waals surface area contributed by atoms with Crippen LogP contribution in [0.15, 0.2) is 42.7 Å². The molecule has 7 nitrogen and oxygen atoms in total. The van der Waals surface area contributed by atoms with Crippen LogP contribution in [0.1, 0.15) is 41.2 Å². The van der Waals surface area contributed by atoms with Crippen molar-refractivity contribution in [2.24, 2.45) is 11.1 Å². The van der Waals surface area contributed by atoms with Crippen molar-refractivity contribution in [3.05, 3.63) is 70.3 Å². The summed E-state index contributed by atoms with van der Waals surface area (Å²) in [6.07, 6.45) is -2.28. The van der Waals surface area contributed by atoms with Gasteiger partial charge in [0.25, 0.3) is 5.91 Å². The van der Waals surface area contributed by atoms with Crippen LogP contribution in [0.25, 0.3) is 11.4 Å². The highest BCUT2D eigenvalue weighted by molar-refractivity contribution is 6.30. The molecule has 1 aromatic carbocycles. The molecule has 0 aliphatic heterocycles. The van der Waals surface area contributed by atoms with Crippen molar-refractivity contribution in [3.63, 3.8) is 0 Å². The number of carbonyl (C=O) groups excluding carboxylic acids is 2. The van der Waals surface area contributed by atoms with Crippen LogP contribution in [0.2, 0.25) is 5.02 Å². The highest BCUT2D eigenvalue weighted by atomic mass is 35.5. The molecule has 0 aliphatic rings. The Bertz CT molecular complexity index is 1240. The van der Waals surface area contributed by atoms with Crippen LogP contribution in [0.4, 0.5) is 13.2 Å². The third-order valence-corrected chi connectivity index (χ3v) is 5.85. The molecular formula is C24H25ClF3N5O2. The summed E-state index contributed by atoms with van der Waals surface area (Å²) in [5, 5.41) is 0.194. The van der Waals surface area contributed by atoms with E-state index in [-0.39, 0.29) is 40.8 Å². The molecule has 2 amide bonds. The third kappa shape index (κ3) is 5.48. The summed E-state index contributed by atoms with van der Waals surface area (Å²) < 4.78 is 44.0. The van der Waals surface area contributed by atoms with Gasteiger partial charge >= 0.3 is 6.18 Å². The number of nitrogens with two attached hydrogens (primary N) is 1. The van der Waals surface area contributed by atoms with Gasteiger partial charge in [-0.1, -0.05) is 41.9 Å². The van der Waals surface area contributed by atoms with E-state index in [2.05, 4.69) is 9.97 Å². The van der Waals surface area contributed by atoms with E-state index in [1.807, 2.05) is 0 Å². The van der Waals surface area contributed by atoms with Crippen molar-refractivity contribution in [2.75, 3.05) is 13.6 Å². The molecule has 2 aromatic heterocycles. The van der Waals surface area contributed by atoms with Gasteiger partial charge in [0.15, 0.2) is 5.82 Å². The van der Waals surface area contributed by atoms with E-state index in [1.165, 1.54) is 31.3 Å². The number of nitrogens with zero attached hydrogens (tertiary/aromatic N) is 4. The number of benzene rings is 1. The fourth-order valence-electron chi connectivity index (χ4n) is 3.90. The number of halogens is 4. The molecule has 35 heavy (non-hydrogen) atoms. The number of carbonyl (C=O) groups is 2. The average molecular weight is 508 g/mol. The molecule has 0 spiro atoms. The predicted molar refractivity (Wildman–Crippen MR) is 126 cm³/mol. The maximum Gasteiger partial charge on any atom is 0.431 e. The number of primary amides is 1. The number of aromatic nitrogens is 3. The van der Waals surface area contributed by atoms with Crippen molar-refractivity contribution in [1.82, 2.24) is 19.4 Å². The number of amides is 2. The number of hydrogen-bond acceptors (Lipinski definition) is 4. The molecule has 186 valence electrons. The predicted octanol–water partition coefficient (Wildman–Crippen LogP) is 4.56. The molecule has 3 rings (SSSR count). The summed E-state index contributed by atoms with van der Waals surface area (Å²) in [6, 6.07) is 8.48. The second kappa shape index (κ2) is 9.69. The van der Waals surface area contributed by atoms with E-state index in [1.54, 1.807) is 44.2 Å². The molecule has 3 aromatic rings. The van der Waals surface area contributed by atoms with Crippen LogP contribution in [-0.4, -0.2) is 44.8 Å².